The lowest BCUT2D eigenvalue weighted by Gasteiger charge is -2.27. The maximum atomic E-state index is 12.1. The van der Waals surface area contributed by atoms with E-state index in [9.17, 15) is 10.1 Å². The molecule has 1 amide bonds. The molecule has 2 heterocycles. The van der Waals surface area contributed by atoms with Gasteiger partial charge in [0.25, 0.3) is 0 Å². The van der Waals surface area contributed by atoms with E-state index in [-0.39, 0.29) is 17.6 Å². The van der Waals surface area contributed by atoms with E-state index >= 15 is 0 Å². The number of thioether (sulfide) groups is 1. The summed E-state index contributed by atoms with van der Waals surface area (Å²) in [5.41, 5.74) is -0.861. The van der Waals surface area contributed by atoms with E-state index in [4.69, 9.17) is 0 Å². The Kier molecular flexibility index (Phi) is 5.44. The number of carbonyl (C=O) groups excluding carboxylic acids is 1. The van der Waals surface area contributed by atoms with Crippen molar-refractivity contribution >= 4 is 29.0 Å². The zero-order chi connectivity index (χ0) is 17.0. The monoisotopic (exact) mass is 349 g/mol. The van der Waals surface area contributed by atoms with Crippen LogP contribution in [0.15, 0.2) is 22.7 Å². The Balaban J connectivity index is 1.99. The first-order chi connectivity index (χ1) is 10.9. The van der Waals surface area contributed by atoms with Gasteiger partial charge in [-0.2, -0.15) is 5.26 Å². The number of hydrogen-bond acceptors (Lipinski definition) is 6. The first kappa shape index (κ1) is 17.5. The van der Waals surface area contributed by atoms with Crippen molar-refractivity contribution in [3.8, 4) is 16.8 Å². The first-order valence-corrected chi connectivity index (χ1v) is 9.02. The zero-order valence-electron chi connectivity index (χ0n) is 13.5. The van der Waals surface area contributed by atoms with Crippen molar-refractivity contribution in [1.82, 2.24) is 20.1 Å². The second kappa shape index (κ2) is 7.15. The third-order valence-corrected chi connectivity index (χ3v) is 5.58. The molecule has 2 rings (SSSR count). The topological polar surface area (TPSA) is 83.6 Å². The van der Waals surface area contributed by atoms with Crippen LogP contribution < -0.4 is 5.32 Å². The number of nitriles is 1. The summed E-state index contributed by atoms with van der Waals surface area (Å²) >= 11 is 2.90. The van der Waals surface area contributed by atoms with E-state index in [1.807, 2.05) is 43.0 Å². The quantitative estimate of drug-likeness (QED) is 0.811. The van der Waals surface area contributed by atoms with Gasteiger partial charge in [-0.25, -0.2) is 0 Å². The highest BCUT2D eigenvalue weighted by atomic mass is 32.2. The van der Waals surface area contributed by atoms with Gasteiger partial charge in [0.1, 0.15) is 5.54 Å². The molecular weight excluding hydrogens is 330 g/mol. The van der Waals surface area contributed by atoms with E-state index in [1.165, 1.54) is 11.8 Å². The van der Waals surface area contributed by atoms with Gasteiger partial charge in [0.05, 0.1) is 16.7 Å². The minimum atomic E-state index is -0.861. The molecule has 1 unspecified atom stereocenters. The van der Waals surface area contributed by atoms with Crippen LogP contribution >= 0.6 is 23.1 Å². The maximum absolute atomic E-state index is 12.1. The molecule has 0 spiro atoms. The molecule has 23 heavy (non-hydrogen) atoms. The van der Waals surface area contributed by atoms with Crippen LogP contribution in [0.4, 0.5) is 0 Å². The van der Waals surface area contributed by atoms with E-state index in [0.717, 1.165) is 10.7 Å². The number of aromatic nitrogens is 3. The normalized spacial score (nSPS) is 13.6. The van der Waals surface area contributed by atoms with Crippen molar-refractivity contribution in [1.29, 1.82) is 5.26 Å². The Morgan fingerprint density at radius 2 is 2.30 bits per heavy atom. The number of nitrogens with zero attached hydrogens (tertiary/aromatic N) is 4. The van der Waals surface area contributed by atoms with E-state index in [0.29, 0.717) is 5.16 Å². The molecule has 0 fully saturated rings. The van der Waals surface area contributed by atoms with Gasteiger partial charge in [-0.1, -0.05) is 31.7 Å². The van der Waals surface area contributed by atoms with Crippen LogP contribution in [0, 0.1) is 17.2 Å². The Morgan fingerprint density at radius 1 is 1.57 bits per heavy atom. The Bertz CT molecular complexity index is 717. The first-order valence-electron chi connectivity index (χ1n) is 7.15. The molecule has 0 aliphatic rings. The number of amides is 1. The van der Waals surface area contributed by atoms with Crippen molar-refractivity contribution in [3.05, 3.63) is 17.5 Å². The summed E-state index contributed by atoms with van der Waals surface area (Å²) in [5.74, 6) is 0.822. The highest BCUT2D eigenvalue weighted by Gasteiger charge is 2.30. The second-order valence-corrected chi connectivity index (χ2v) is 7.54. The molecule has 2 aromatic rings. The standard InChI is InChI=1S/C15H19N5OS2/c1-10(2)15(3,9-16)17-12(21)8-23-14-19-18-13(20(14)4)11-6-5-7-22-11/h5-7,10H,8H2,1-4H3,(H,17,21). The van der Waals surface area contributed by atoms with Crippen molar-refractivity contribution in [2.75, 3.05) is 5.75 Å². The fourth-order valence-electron chi connectivity index (χ4n) is 1.82. The number of hydrogen-bond donors (Lipinski definition) is 1. The summed E-state index contributed by atoms with van der Waals surface area (Å²) in [6.07, 6.45) is 0. The SMILES string of the molecule is CC(C)C(C)(C#N)NC(=O)CSc1nnc(-c2cccs2)n1C. The summed E-state index contributed by atoms with van der Waals surface area (Å²) in [7, 11) is 1.88. The smallest absolute Gasteiger partial charge is 0.231 e. The number of carbonyl (C=O) groups is 1. The van der Waals surface area contributed by atoms with Crippen LogP contribution in [0.5, 0.6) is 0 Å². The number of nitrogens with one attached hydrogen (secondary N) is 1. The molecule has 6 nitrogen and oxygen atoms in total. The van der Waals surface area contributed by atoms with Crippen LogP contribution in [0.25, 0.3) is 10.7 Å². The fourth-order valence-corrected chi connectivity index (χ4v) is 3.27. The van der Waals surface area contributed by atoms with Gasteiger partial charge in [0.2, 0.25) is 5.91 Å². The molecule has 0 radical (unpaired) electrons. The molecular formula is C15H19N5OS2. The molecule has 0 aromatic carbocycles. The van der Waals surface area contributed by atoms with Crippen LogP contribution in [-0.2, 0) is 11.8 Å². The highest BCUT2D eigenvalue weighted by Crippen LogP contribution is 2.26. The van der Waals surface area contributed by atoms with Crippen molar-refractivity contribution in [2.24, 2.45) is 13.0 Å². The summed E-state index contributed by atoms with van der Waals surface area (Å²) in [6, 6.07) is 6.11. The lowest BCUT2D eigenvalue weighted by Crippen LogP contribution is -2.49. The van der Waals surface area contributed by atoms with E-state index in [2.05, 4.69) is 21.6 Å². The summed E-state index contributed by atoms with van der Waals surface area (Å²) in [4.78, 5) is 13.1. The molecule has 0 aliphatic heterocycles. The molecule has 8 heteroatoms. The highest BCUT2D eigenvalue weighted by molar-refractivity contribution is 7.99. The summed E-state index contributed by atoms with van der Waals surface area (Å²) in [6.45, 7) is 5.55. The van der Waals surface area contributed by atoms with Crippen molar-refractivity contribution in [3.63, 3.8) is 0 Å². The van der Waals surface area contributed by atoms with Crippen LogP contribution in [0.1, 0.15) is 20.8 Å². The minimum absolute atomic E-state index is 0.0294. The fraction of sp³-hybridized carbons (Fsp3) is 0.467. The second-order valence-electron chi connectivity index (χ2n) is 5.65. The Hall–Kier alpha value is -1.85. The molecule has 122 valence electrons. The third kappa shape index (κ3) is 3.92. The average molecular weight is 349 g/mol. The van der Waals surface area contributed by atoms with Crippen LogP contribution in [0.2, 0.25) is 0 Å². The summed E-state index contributed by atoms with van der Waals surface area (Å²) in [5, 5.41) is 23.0. The molecule has 1 atom stereocenters. The van der Waals surface area contributed by atoms with Crippen molar-refractivity contribution in [2.45, 2.75) is 31.5 Å². The molecule has 0 bridgehead atoms. The Morgan fingerprint density at radius 3 is 2.87 bits per heavy atom. The third-order valence-electron chi connectivity index (χ3n) is 3.69. The predicted molar refractivity (Wildman–Crippen MR) is 92.0 cm³/mol. The number of thiophene rings is 1. The van der Waals surface area contributed by atoms with Gasteiger partial charge >= 0.3 is 0 Å². The maximum Gasteiger partial charge on any atom is 0.231 e. The zero-order valence-corrected chi connectivity index (χ0v) is 15.2. The van der Waals surface area contributed by atoms with Gasteiger partial charge in [-0.05, 0) is 24.3 Å². The van der Waals surface area contributed by atoms with E-state index < -0.39 is 5.54 Å². The summed E-state index contributed by atoms with van der Waals surface area (Å²) < 4.78 is 1.87. The minimum Gasteiger partial charge on any atom is -0.337 e. The molecule has 1 N–H and O–H groups in total. The van der Waals surface area contributed by atoms with Gasteiger partial charge in [0, 0.05) is 7.05 Å². The van der Waals surface area contributed by atoms with Gasteiger partial charge < -0.3 is 9.88 Å². The molecule has 0 saturated heterocycles. The number of rotatable bonds is 6. The van der Waals surface area contributed by atoms with Crippen LogP contribution in [0.3, 0.4) is 0 Å². The molecule has 0 aliphatic carbocycles. The van der Waals surface area contributed by atoms with Gasteiger partial charge in [0.15, 0.2) is 11.0 Å². The Labute approximate surface area is 143 Å². The van der Waals surface area contributed by atoms with E-state index in [1.54, 1.807) is 18.3 Å². The lowest BCUT2D eigenvalue weighted by molar-refractivity contribution is -0.120. The molecule has 2 aromatic heterocycles. The van der Waals surface area contributed by atoms with Crippen LogP contribution in [-0.4, -0.2) is 32.0 Å². The average Bonchev–Trinajstić information content (AvgIpc) is 3.14. The largest absolute Gasteiger partial charge is 0.337 e. The lowest BCUT2D eigenvalue weighted by atomic mass is 9.90. The van der Waals surface area contributed by atoms with Crippen molar-refractivity contribution < 1.29 is 4.79 Å². The van der Waals surface area contributed by atoms with Gasteiger partial charge in [-0.3, -0.25) is 4.79 Å². The predicted octanol–water partition coefficient (Wildman–Crippen LogP) is 2.69. The molecule has 0 saturated carbocycles. The van der Waals surface area contributed by atoms with Gasteiger partial charge in [-0.15, -0.1) is 21.5 Å².